The fourth-order valence-electron chi connectivity index (χ4n) is 2.92. The Morgan fingerprint density at radius 3 is 2.63 bits per heavy atom. The van der Waals surface area contributed by atoms with Crippen LogP contribution in [0.4, 0.5) is 0 Å². The fraction of sp³-hybridized carbons (Fsp3) is 0.500. The first-order valence-corrected chi connectivity index (χ1v) is 8.27. The molecule has 1 aromatic carbocycles. The number of hydrogen-bond acceptors (Lipinski definition) is 2. The van der Waals surface area contributed by atoms with Gasteiger partial charge in [-0.25, -0.2) is 0 Å². The van der Waals surface area contributed by atoms with E-state index in [-0.39, 0.29) is 0 Å². The van der Waals surface area contributed by atoms with E-state index in [0.717, 1.165) is 27.2 Å². The predicted molar refractivity (Wildman–Crippen MR) is 83.4 cm³/mol. The van der Waals surface area contributed by atoms with Gasteiger partial charge in [-0.05, 0) is 44.4 Å². The Morgan fingerprint density at radius 2 is 1.89 bits per heavy atom. The first-order valence-electron chi connectivity index (χ1n) is 7.01. The molecule has 0 amide bonds. The minimum Gasteiger partial charge on any atom is -0.460 e. The maximum Gasteiger partial charge on any atom is 0.138 e. The van der Waals surface area contributed by atoms with Crippen LogP contribution in [-0.2, 0) is 0 Å². The van der Waals surface area contributed by atoms with E-state index in [2.05, 4.69) is 13.8 Å². The van der Waals surface area contributed by atoms with Crippen LogP contribution < -0.4 is 0 Å². The van der Waals surface area contributed by atoms with E-state index in [0.29, 0.717) is 0 Å². The van der Waals surface area contributed by atoms with Gasteiger partial charge in [0, 0.05) is 15.7 Å². The van der Waals surface area contributed by atoms with Crippen molar-refractivity contribution in [3.8, 4) is 0 Å². The van der Waals surface area contributed by atoms with Crippen LogP contribution in [-0.4, -0.2) is 5.25 Å². The summed E-state index contributed by atoms with van der Waals surface area (Å²) in [5.41, 5.74) is 2.13. The zero-order chi connectivity index (χ0) is 13.4. The van der Waals surface area contributed by atoms with Crippen molar-refractivity contribution >= 4 is 34.3 Å². The number of halogens is 1. The van der Waals surface area contributed by atoms with Gasteiger partial charge in [-0.3, -0.25) is 0 Å². The number of aryl methyl sites for hydroxylation is 2. The molecular formula is C16H19ClOS. The average Bonchev–Trinajstić information content (AvgIpc) is 2.69. The molecule has 2 aromatic rings. The summed E-state index contributed by atoms with van der Waals surface area (Å²) in [5, 5.41) is 2.74. The fourth-order valence-corrected chi connectivity index (χ4v) is 4.58. The summed E-state index contributed by atoms with van der Waals surface area (Å²) in [6.45, 7) is 4.13. The zero-order valence-electron chi connectivity index (χ0n) is 11.5. The second-order valence-electron chi connectivity index (χ2n) is 5.46. The van der Waals surface area contributed by atoms with E-state index < -0.39 is 0 Å². The van der Waals surface area contributed by atoms with Crippen LogP contribution >= 0.6 is 23.4 Å². The molecule has 0 spiro atoms. The van der Waals surface area contributed by atoms with Gasteiger partial charge >= 0.3 is 0 Å². The molecule has 1 aromatic heterocycles. The number of rotatable bonds is 2. The van der Waals surface area contributed by atoms with Gasteiger partial charge in [0.05, 0.1) is 4.90 Å². The standard InChI is InChI=1S/C16H19ClOS/c1-10-8-12(17)9-14-15(10)18-11(2)16(14)19-13-6-4-3-5-7-13/h8-9,13H,3-7H2,1-2H3. The van der Waals surface area contributed by atoms with E-state index in [1.807, 2.05) is 23.9 Å². The van der Waals surface area contributed by atoms with Gasteiger partial charge in [-0.15, -0.1) is 11.8 Å². The molecule has 1 heterocycles. The lowest BCUT2D eigenvalue weighted by Crippen LogP contribution is -2.07. The summed E-state index contributed by atoms with van der Waals surface area (Å²) in [7, 11) is 0. The maximum atomic E-state index is 6.20. The van der Waals surface area contributed by atoms with Crippen molar-refractivity contribution in [3.05, 3.63) is 28.5 Å². The molecule has 1 aliphatic rings. The normalized spacial score (nSPS) is 17.2. The van der Waals surface area contributed by atoms with Gasteiger partial charge in [0.25, 0.3) is 0 Å². The molecule has 1 fully saturated rings. The highest BCUT2D eigenvalue weighted by atomic mass is 35.5. The van der Waals surface area contributed by atoms with E-state index in [1.54, 1.807) is 0 Å². The van der Waals surface area contributed by atoms with E-state index in [4.69, 9.17) is 16.0 Å². The molecule has 0 bridgehead atoms. The van der Waals surface area contributed by atoms with Gasteiger partial charge < -0.3 is 4.42 Å². The molecule has 1 aliphatic carbocycles. The molecule has 1 nitrogen and oxygen atoms in total. The minimum absolute atomic E-state index is 0.743. The largest absolute Gasteiger partial charge is 0.460 e. The smallest absolute Gasteiger partial charge is 0.138 e. The highest BCUT2D eigenvalue weighted by Gasteiger charge is 2.20. The highest BCUT2D eigenvalue weighted by Crippen LogP contribution is 2.42. The number of fused-ring (bicyclic) bond motifs is 1. The Labute approximate surface area is 123 Å². The molecular weight excluding hydrogens is 276 g/mol. The molecule has 0 saturated heterocycles. The van der Waals surface area contributed by atoms with Gasteiger partial charge in [0.1, 0.15) is 11.3 Å². The predicted octanol–water partition coefficient (Wildman–Crippen LogP) is 6.13. The van der Waals surface area contributed by atoms with Gasteiger partial charge in [-0.2, -0.15) is 0 Å². The van der Waals surface area contributed by atoms with Crippen molar-refractivity contribution in [2.75, 3.05) is 0 Å². The van der Waals surface area contributed by atoms with Gasteiger partial charge in [0.15, 0.2) is 0 Å². The van der Waals surface area contributed by atoms with Crippen molar-refractivity contribution in [2.24, 2.45) is 0 Å². The average molecular weight is 295 g/mol. The summed E-state index contributed by atoms with van der Waals surface area (Å²) < 4.78 is 5.95. The Morgan fingerprint density at radius 1 is 1.16 bits per heavy atom. The molecule has 3 rings (SSSR count). The lowest BCUT2D eigenvalue weighted by atomic mass is 10.0. The molecule has 0 N–H and O–H groups in total. The minimum atomic E-state index is 0.743. The van der Waals surface area contributed by atoms with Crippen molar-refractivity contribution in [1.29, 1.82) is 0 Å². The first-order chi connectivity index (χ1) is 9.15. The maximum absolute atomic E-state index is 6.20. The topological polar surface area (TPSA) is 13.1 Å². The van der Waals surface area contributed by atoms with E-state index in [1.165, 1.54) is 42.4 Å². The van der Waals surface area contributed by atoms with E-state index >= 15 is 0 Å². The molecule has 3 heteroatoms. The third-order valence-electron chi connectivity index (χ3n) is 3.90. The van der Waals surface area contributed by atoms with Crippen LogP contribution in [0.15, 0.2) is 21.4 Å². The lowest BCUT2D eigenvalue weighted by molar-refractivity contribution is 0.515. The second-order valence-corrected chi connectivity index (χ2v) is 7.21. The molecule has 102 valence electrons. The Hall–Kier alpha value is -0.600. The summed E-state index contributed by atoms with van der Waals surface area (Å²) in [6.07, 6.45) is 6.79. The Bertz CT molecular complexity index is 596. The Balaban J connectivity index is 1.99. The number of hydrogen-bond donors (Lipinski definition) is 0. The van der Waals surface area contributed by atoms with Crippen LogP contribution in [0.2, 0.25) is 5.02 Å². The van der Waals surface area contributed by atoms with Crippen LogP contribution in [0, 0.1) is 13.8 Å². The molecule has 19 heavy (non-hydrogen) atoms. The highest BCUT2D eigenvalue weighted by molar-refractivity contribution is 8.00. The van der Waals surface area contributed by atoms with Crippen LogP contribution in [0.3, 0.4) is 0 Å². The summed E-state index contributed by atoms with van der Waals surface area (Å²) in [5.74, 6) is 1.04. The molecule has 0 atom stereocenters. The first kappa shape index (κ1) is 13.4. The van der Waals surface area contributed by atoms with Gasteiger partial charge in [-0.1, -0.05) is 30.9 Å². The number of benzene rings is 1. The van der Waals surface area contributed by atoms with Crippen LogP contribution in [0.1, 0.15) is 43.4 Å². The zero-order valence-corrected chi connectivity index (χ0v) is 13.0. The number of thioether (sulfide) groups is 1. The molecule has 0 unspecified atom stereocenters. The van der Waals surface area contributed by atoms with Crippen molar-refractivity contribution in [2.45, 2.75) is 56.1 Å². The molecule has 0 radical (unpaired) electrons. The number of furan rings is 1. The van der Waals surface area contributed by atoms with E-state index in [9.17, 15) is 0 Å². The van der Waals surface area contributed by atoms with Crippen molar-refractivity contribution in [3.63, 3.8) is 0 Å². The molecule has 0 aliphatic heterocycles. The summed E-state index contributed by atoms with van der Waals surface area (Å²) in [6, 6.07) is 4.02. The van der Waals surface area contributed by atoms with Gasteiger partial charge in [0.2, 0.25) is 0 Å². The summed E-state index contributed by atoms with van der Waals surface area (Å²) in [4.78, 5) is 1.30. The quantitative estimate of drug-likeness (QED) is 0.661. The third kappa shape index (κ3) is 2.66. The second kappa shape index (κ2) is 5.41. The van der Waals surface area contributed by atoms with Crippen LogP contribution in [0.5, 0.6) is 0 Å². The monoisotopic (exact) mass is 294 g/mol. The van der Waals surface area contributed by atoms with Crippen LogP contribution in [0.25, 0.3) is 11.0 Å². The molecule has 1 saturated carbocycles. The SMILES string of the molecule is Cc1oc2c(C)cc(Cl)cc2c1SC1CCCCC1. The third-order valence-corrected chi connectivity index (χ3v) is 5.66. The lowest BCUT2D eigenvalue weighted by Gasteiger charge is -2.20. The Kier molecular flexibility index (Phi) is 3.81. The van der Waals surface area contributed by atoms with Crippen molar-refractivity contribution < 1.29 is 4.42 Å². The summed E-state index contributed by atoms with van der Waals surface area (Å²) >= 11 is 8.19. The van der Waals surface area contributed by atoms with Crippen molar-refractivity contribution in [1.82, 2.24) is 0 Å².